The molecule has 2 aromatic carbocycles. The smallest absolute Gasteiger partial charge is 0.336 e. The molecule has 10 nitrogen and oxygen atoms in total. The summed E-state index contributed by atoms with van der Waals surface area (Å²) in [7, 11) is 0. The van der Waals surface area contributed by atoms with E-state index in [0.717, 1.165) is 17.7 Å². The number of rotatable bonds is 7. The minimum absolute atomic E-state index is 0.381. The van der Waals surface area contributed by atoms with Gasteiger partial charge in [-0.25, -0.2) is 4.79 Å². The van der Waals surface area contributed by atoms with Gasteiger partial charge in [0, 0.05) is 12.1 Å². The summed E-state index contributed by atoms with van der Waals surface area (Å²) in [6.07, 6.45) is -0.381. The molecule has 2 aromatic rings. The van der Waals surface area contributed by atoms with Crippen molar-refractivity contribution in [2.45, 2.75) is 19.6 Å². The van der Waals surface area contributed by atoms with E-state index in [2.05, 4.69) is 0 Å². The van der Waals surface area contributed by atoms with E-state index < -0.39 is 32.8 Å². The van der Waals surface area contributed by atoms with Gasteiger partial charge in [-0.2, -0.15) is 0 Å². The van der Waals surface area contributed by atoms with Gasteiger partial charge >= 0.3 is 5.97 Å². The lowest BCUT2D eigenvalue weighted by molar-refractivity contribution is -0.394. The highest BCUT2D eigenvalue weighted by Crippen LogP contribution is 2.22. The Morgan fingerprint density at radius 3 is 2.00 bits per heavy atom. The van der Waals surface area contributed by atoms with Crippen LogP contribution in [0.2, 0.25) is 0 Å². The van der Waals surface area contributed by atoms with Crippen molar-refractivity contribution in [1.82, 2.24) is 0 Å². The van der Waals surface area contributed by atoms with E-state index in [-0.39, 0.29) is 6.10 Å². The van der Waals surface area contributed by atoms with Gasteiger partial charge in [0.1, 0.15) is 0 Å². The molecule has 0 fully saturated rings. The number of hydrogen-bond donors (Lipinski definition) is 2. The molecule has 2 N–H and O–H groups in total. The van der Waals surface area contributed by atoms with Crippen LogP contribution in [-0.2, 0) is 11.3 Å². The van der Waals surface area contributed by atoms with Crippen molar-refractivity contribution in [2.24, 2.45) is 0 Å². The summed E-state index contributed by atoms with van der Waals surface area (Å²) < 4.78 is 5.23. The first kappa shape index (κ1) is 21.7. The Hall–Kier alpha value is -3.37. The lowest BCUT2D eigenvalue weighted by Gasteiger charge is -2.05. The summed E-state index contributed by atoms with van der Waals surface area (Å²) in [5.41, 5.74) is -0.600. The molecular formula is C17H18N2O8. The summed E-state index contributed by atoms with van der Waals surface area (Å²) in [6, 6.07) is 12.1. The summed E-state index contributed by atoms with van der Waals surface area (Å²) in [5.74, 6) is -1.46. The fraction of sp³-hybridized carbons (Fsp3) is 0.235. The maximum atomic E-state index is 10.5. The molecule has 27 heavy (non-hydrogen) atoms. The number of aromatic carboxylic acids is 1. The summed E-state index contributed by atoms with van der Waals surface area (Å²) in [4.78, 5) is 29.4. The third kappa shape index (κ3) is 8.03. The number of aliphatic hydroxyl groups excluding tert-OH is 1. The minimum Gasteiger partial charge on any atom is -0.478 e. The molecule has 0 aliphatic rings. The number of nitrogens with zero attached hydrogens (tertiary/aromatic N) is 2. The SMILES string of the molecule is C[C@@H](O)COCc1ccccc1.O=C(O)c1cc([N+](=O)[O-])cc([N+](=O)[O-])c1. The Morgan fingerprint density at radius 2 is 1.59 bits per heavy atom. The normalized spacial score (nSPS) is 11.0. The zero-order valence-corrected chi connectivity index (χ0v) is 14.3. The van der Waals surface area contributed by atoms with Gasteiger partial charge in [0.15, 0.2) is 0 Å². The van der Waals surface area contributed by atoms with Crippen molar-refractivity contribution >= 4 is 17.3 Å². The zero-order chi connectivity index (χ0) is 20.4. The molecule has 1 atom stereocenters. The van der Waals surface area contributed by atoms with Gasteiger partial charge in [-0.15, -0.1) is 0 Å². The molecular weight excluding hydrogens is 360 g/mol. The number of hydrogen-bond acceptors (Lipinski definition) is 7. The molecule has 144 valence electrons. The average molecular weight is 378 g/mol. The van der Waals surface area contributed by atoms with E-state index in [1.807, 2.05) is 30.3 Å². The Morgan fingerprint density at radius 1 is 1.07 bits per heavy atom. The maximum absolute atomic E-state index is 10.5. The molecule has 0 aliphatic carbocycles. The molecule has 0 aromatic heterocycles. The van der Waals surface area contributed by atoms with E-state index in [0.29, 0.717) is 19.3 Å². The van der Waals surface area contributed by atoms with Crippen molar-refractivity contribution in [3.05, 3.63) is 79.9 Å². The molecule has 2 rings (SSSR count). The number of non-ortho nitro benzene ring substituents is 2. The molecule has 0 heterocycles. The molecule has 0 bridgehead atoms. The van der Waals surface area contributed by atoms with Crippen LogP contribution >= 0.6 is 0 Å². The van der Waals surface area contributed by atoms with Gasteiger partial charge in [0.25, 0.3) is 11.4 Å². The van der Waals surface area contributed by atoms with Gasteiger partial charge in [0.05, 0.1) is 40.8 Å². The van der Waals surface area contributed by atoms with E-state index in [4.69, 9.17) is 14.9 Å². The predicted octanol–water partition coefficient (Wildman–Crippen LogP) is 2.79. The van der Waals surface area contributed by atoms with Crippen LogP contribution in [0.3, 0.4) is 0 Å². The number of aliphatic hydroxyl groups is 1. The molecule has 0 unspecified atom stereocenters. The lowest BCUT2D eigenvalue weighted by Crippen LogP contribution is -2.09. The van der Waals surface area contributed by atoms with Gasteiger partial charge in [-0.05, 0) is 12.5 Å². The largest absolute Gasteiger partial charge is 0.478 e. The lowest BCUT2D eigenvalue weighted by atomic mass is 10.2. The molecule has 0 spiro atoms. The van der Waals surface area contributed by atoms with Gasteiger partial charge in [-0.1, -0.05) is 30.3 Å². The quantitative estimate of drug-likeness (QED) is 0.551. The van der Waals surface area contributed by atoms with Gasteiger partial charge in [0.2, 0.25) is 0 Å². The Labute approximate surface area is 153 Å². The van der Waals surface area contributed by atoms with Gasteiger partial charge < -0.3 is 14.9 Å². The molecule has 0 saturated carbocycles. The fourth-order valence-electron chi connectivity index (χ4n) is 1.85. The third-order valence-electron chi connectivity index (χ3n) is 3.04. The second-order valence-corrected chi connectivity index (χ2v) is 5.41. The van der Waals surface area contributed by atoms with Crippen molar-refractivity contribution in [3.8, 4) is 0 Å². The van der Waals surface area contributed by atoms with Crippen LogP contribution in [0, 0.1) is 20.2 Å². The second-order valence-electron chi connectivity index (χ2n) is 5.41. The summed E-state index contributed by atoms with van der Waals surface area (Å²) >= 11 is 0. The molecule has 0 aliphatic heterocycles. The number of benzene rings is 2. The van der Waals surface area contributed by atoms with Crippen LogP contribution in [0.25, 0.3) is 0 Å². The molecule has 0 amide bonds. The van der Waals surface area contributed by atoms with Crippen molar-refractivity contribution in [1.29, 1.82) is 0 Å². The first-order chi connectivity index (χ1) is 12.7. The second kappa shape index (κ2) is 10.6. The van der Waals surface area contributed by atoms with E-state index in [1.165, 1.54) is 0 Å². The van der Waals surface area contributed by atoms with Crippen molar-refractivity contribution in [2.75, 3.05) is 6.61 Å². The summed E-state index contributed by atoms with van der Waals surface area (Å²) in [5, 5.41) is 38.1. The van der Waals surface area contributed by atoms with Crippen LogP contribution < -0.4 is 0 Å². The van der Waals surface area contributed by atoms with Crippen LogP contribution in [0.15, 0.2) is 48.5 Å². The first-order valence-corrected chi connectivity index (χ1v) is 7.67. The van der Waals surface area contributed by atoms with Crippen LogP contribution in [-0.4, -0.2) is 38.7 Å². The Balaban J connectivity index is 0.000000277. The van der Waals surface area contributed by atoms with Crippen molar-refractivity contribution in [3.63, 3.8) is 0 Å². The topological polar surface area (TPSA) is 153 Å². The van der Waals surface area contributed by atoms with Crippen LogP contribution in [0.5, 0.6) is 0 Å². The van der Waals surface area contributed by atoms with Crippen LogP contribution in [0.1, 0.15) is 22.8 Å². The molecule has 0 radical (unpaired) electrons. The highest BCUT2D eigenvalue weighted by Gasteiger charge is 2.19. The maximum Gasteiger partial charge on any atom is 0.336 e. The molecule has 10 heteroatoms. The first-order valence-electron chi connectivity index (χ1n) is 7.67. The average Bonchev–Trinajstić information content (AvgIpc) is 2.62. The highest BCUT2D eigenvalue weighted by atomic mass is 16.6. The van der Waals surface area contributed by atoms with E-state index >= 15 is 0 Å². The number of carboxylic acids is 1. The Bertz CT molecular complexity index is 714. The Kier molecular flexibility index (Phi) is 8.49. The monoisotopic (exact) mass is 378 g/mol. The molecule has 0 saturated heterocycles. The number of carbonyl (C=O) groups is 1. The van der Waals surface area contributed by atoms with E-state index in [1.54, 1.807) is 6.92 Å². The number of nitro groups is 2. The zero-order valence-electron chi connectivity index (χ0n) is 14.3. The van der Waals surface area contributed by atoms with Crippen LogP contribution in [0.4, 0.5) is 11.4 Å². The number of ether oxygens (including phenoxy) is 1. The van der Waals surface area contributed by atoms with Gasteiger partial charge in [-0.3, -0.25) is 20.2 Å². The van der Waals surface area contributed by atoms with Crippen molar-refractivity contribution < 1.29 is 29.6 Å². The van der Waals surface area contributed by atoms with E-state index in [9.17, 15) is 25.0 Å². The fourth-order valence-corrected chi connectivity index (χ4v) is 1.85. The standard InChI is InChI=1S/C10H14O2.C7H4N2O6/c1-9(11)7-12-8-10-5-3-2-4-6-10;10-7(11)4-1-5(8(12)13)3-6(2-4)9(14)15/h2-6,9,11H,7-8H2,1H3;1-3H,(H,10,11)/t9-;/m1./s1. The minimum atomic E-state index is -1.46. The summed E-state index contributed by atoms with van der Waals surface area (Å²) in [6.45, 7) is 2.69. The highest BCUT2D eigenvalue weighted by molar-refractivity contribution is 5.89. The predicted molar refractivity (Wildman–Crippen MR) is 94.5 cm³/mol. The number of nitro benzene ring substituents is 2. The third-order valence-corrected chi connectivity index (χ3v) is 3.04. The number of carboxylic acid groups (broad SMARTS) is 1.